The predicted molar refractivity (Wildman–Crippen MR) is 110 cm³/mol. The summed E-state index contributed by atoms with van der Waals surface area (Å²) in [5.74, 6) is -0.184. The molecule has 1 aliphatic rings. The molecule has 1 fully saturated rings. The number of hydrogen-bond acceptors (Lipinski definition) is 5. The Morgan fingerprint density at radius 3 is 2.39 bits per heavy atom. The van der Waals surface area contributed by atoms with Crippen molar-refractivity contribution in [3.8, 4) is 0 Å². The Balaban J connectivity index is 1.45. The lowest BCUT2D eigenvalue weighted by molar-refractivity contribution is -0.119. The normalized spacial score (nSPS) is 15.4. The van der Waals surface area contributed by atoms with Gasteiger partial charge in [0.15, 0.2) is 0 Å². The standard InChI is InChI=1S/C21H27N3O3S/c1-15(25)22-13-19-6-7-20(28-19)21(27)23-12-16-2-4-17(5-3-16)14-24-10-8-18(26)9-11-24/h2-7,18,26H,8-14H2,1H3,(H,22,25)(H,23,27). The third kappa shape index (κ3) is 6.15. The van der Waals surface area contributed by atoms with Crippen LogP contribution in [0.1, 0.15) is 45.4 Å². The number of carbonyl (C=O) groups excluding carboxylic acids is 2. The Labute approximate surface area is 169 Å². The van der Waals surface area contributed by atoms with Gasteiger partial charge in [0.25, 0.3) is 5.91 Å². The van der Waals surface area contributed by atoms with Crippen molar-refractivity contribution in [3.05, 3.63) is 57.3 Å². The molecule has 0 saturated carbocycles. The van der Waals surface area contributed by atoms with Gasteiger partial charge in [-0.25, -0.2) is 0 Å². The van der Waals surface area contributed by atoms with E-state index in [1.807, 2.05) is 18.2 Å². The number of thiophene rings is 1. The number of amides is 2. The zero-order chi connectivity index (χ0) is 19.9. The van der Waals surface area contributed by atoms with Gasteiger partial charge < -0.3 is 15.7 Å². The van der Waals surface area contributed by atoms with Crippen molar-refractivity contribution in [2.45, 2.75) is 45.5 Å². The molecule has 0 aliphatic carbocycles. The molecule has 2 heterocycles. The molecule has 1 aromatic carbocycles. The highest BCUT2D eigenvalue weighted by Gasteiger charge is 2.16. The Morgan fingerprint density at radius 2 is 1.71 bits per heavy atom. The van der Waals surface area contributed by atoms with E-state index >= 15 is 0 Å². The number of rotatable bonds is 7. The molecule has 3 N–H and O–H groups in total. The molecule has 1 aromatic heterocycles. The van der Waals surface area contributed by atoms with Crippen LogP contribution < -0.4 is 10.6 Å². The molecule has 7 heteroatoms. The largest absolute Gasteiger partial charge is 0.393 e. The number of aliphatic hydroxyl groups is 1. The summed E-state index contributed by atoms with van der Waals surface area (Å²) in [7, 11) is 0. The van der Waals surface area contributed by atoms with Crippen LogP contribution in [0.5, 0.6) is 0 Å². The number of aliphatic hydroxyl groups excluding tert-OH is 1. The summed E-state index contributed by atoms with van der Waals surface area (Å²) < 4.78 is 0. The number of benzene rings is 1. The van der Waals surface area contributed by atoms with Gasteiger partial charge in [0, 0.05) is 38.0 Å². The van der Waals surface area contributed by atoms with Gasteiger partial charge in [-0.05, 0) is 36.1 Å². The van der Waals surface area contributed by atoms with Crippen LogP contribution >= 0.6 is 11.3 Å². The molecule has 2 aromatic rings. The second-order valence-corrected chi connectivity index (χ2v) is 8.35. The average Bonchev–Trinajstić information content (AvgIpc) is 3.16. The lowest BCUT2D eigenvalue weighted by atomic mass is 10.1. The van der Waals surface area contributed by atoms with E-state index in [1.165, 1.54) is 23.8 Å². The van der Waals surface area contributed by atoms with Gasteiger partial charge >= 0.3 is 0 Å². The number of hydrogen-bond donors (Lipinski definition) is 3. The summed E-state index contributed by atoms with van der Waals surface area (Å²) in [6.07, 6.45) is 1.55. The number of nitrogens with one attached hydrogen (secondary N) is 2. The van der Waals surface area contributed by atoms with Gasteiger partial charge in [-0.3, -0.25) is 14.5 Å². The number of likely N-dealkylation sites (tertiary alicyclic amines) is 1. The molecule has 0 unspecified atom stereocenters. The molecule has 0 bridgehead atoms. The van der Waals surface area contributed by atoms with E-state index in [2.05, 4.69) is 27.7 Å². The molecule has 150 valence electrons. The lowest BCUT2D eigenvalue weighted by Crippen LogP contribution is -2.35. The third-order valence-electron chi connectivity index (χ3n) is 4.84. The first-order valence-corrected chi connectivity index (χ1v) is 10.4. The Morgan fingerprint density at radius 1 is 1.04 bits per heavy atom. The molecular weight excluding hydrogens is 374 g/mol. The van der Waals surface area contributed by atoms with Crippen LogP contribution in [0.2, 0.25) is 0 Å². The van der Waals surface area contributed by atoms with Crippen LogP contribution in [-0.4, -0.2) is 41.0 Å². The number of carbonyl (C=O) groups is 2. The van der Waals surface area contributed by atoms with Gasteiger partial charge in [0.05, 0.1) is 17.5 Å². The Hall–Kier alpha value is -2.22. The molecule has 1 aliphatic heterocycles. The minimum Gasteiger partial charge on any atom is -0.393 e. The van der Waals surface area contributed by atoms with E-state index in [0.29, 0.717) is 18.0 Å². The quantitative estimate of drug-likeness (QED) is 0.665. The molecule has 0 atom stereocenters. The van der Waals surface area contributed by atoms with Gasteiger partial charge in [-0.15, -0.1) is 11.3 Å². The third-order valence-corrected chi connectivity index (χ3v) is 5.92. The molecule has 3 rings (SSSR count). The van der Waals surface area contributed by atoms with Gasteiger partial charge in [0.2, 0.25) is 5.91 Å². The highest BCUT2D eigenvalue weighted by Crippen LogP contribution is 2.17. The first kappa shape index (κ1) is 20.5. The van der Waals surface area contributed by atoms with E-state index in [0.717, 1.165) is 42.9 Å². The molecule has 0 spiro atoms. The van der Waals surface area contributed by atoms with Crippen LogP contribution in [0, 0.1) is 0 Å². The maximum Gasteiger partial charge on any atom is 0.261 e. The van der Waals surface area contributed by atoms with Crippen molar-refractivity contribution >= 4 is 23.2 Å². The highest BCUT2D eigenvalue weighted by atomic mass is 32.1. The molecular formula is C21H27N3O3S. The smallest absolute Gasteiger partial charge is 0.261 e. The second-order valence-electron chi connectivity index (χ2n) is 7.18. The van der Waals surface area contributed by atoms with Crippen molar-refractivity contribution in [3.63, 3.8) is 0 Å². The fraction of sp³-hybridized carbons (Fsp3) is 0.429. The minimum atomic E-state index is -0.146. The van der Waals surface area contributed by atoms with Crippen molar-refractivity contribution in [2.75, 3.05) is 13.1 Å². The minimum absolute atomic E-state index is 0.0827. The molecule has 1 saturated heterocycles. The summed E-state index contributed by atoms with van der Waals surface area (Å²) in [4.78, 5) is 27.2. The monoisotopic (exact) mass is 401 g/mol. The second kappa shape index (κ2) is 9.82. The Kier molecular flexibility index (Phi) is 7.19. The fourth-order valence-electron chi connectivity index (χ4n) is 3.17. The zero-order valence-corrected chi connectivity index (χ0v) is 16.9. The van der Waals surface area contributed by atoms with Gasteiger partial charge in [0.1, 0.15) is 0 Å². The van der Waals surface area contributed by atoms with Gasteiger partial charge in [-0.2, -0.15) is 0 Å². The SMILES string of the molecule is CC(=O)NCc1ccc(C(=O)NCc2ccc(CN3CCC(O)CC3)cc2)s1. The van der Waals surface area contributed by atoms with Crippen molar-refractivity contribution in [1.82, 2.24) is 15.5 Å². The van der Waals surface area contributed by atoms with E-state index in [1.54, 1.807) is 6.07 Å². The first-order chi connectivity index (χ1) is 13.5. The summed E-state index contributed by atoms with van der Waals surface area (Å²) in [6.45, 7) is 5.17. The van der Waals surface area contributed by atoms with Crippen LogP contribution in [0.4, 0.5) is 0 Å². The maximum absolute atomic E-state index is 12.3. The summed E-state index contributed by atoms with van der Waals surface area (Å²) >= 11 is 1.39. The molecule has 6 nitrogen and oxygen atoms in total. The maximum atomic E-state index is 12.3. The average molecular weight is 402 g/mol. The van der Waals surface area contributed by atoms with Crippen molar-refractivity contribution < 1.29 is 14.7 Å². The summed E-state index contributed by atoms with van der Waals surface area (Å²) in [5, 5.41) is 15.3. The van der Waals surface area contributed by atoms with Crippen LogP contribution in [0.3, 0.4) is 0 Å². The van der Waals surface area contributed by atoms with Gasteiger partial charge in [-0.1, -0.05) is 24.3 Å². The zero-order valence-electron chi connectivity index (χ0n) is 16.1. The fourth-order valence-corrected chi connectivity index (χ4v) is 4.04. The predicted octanol–water partition coefficient (Wildman–Crippen LogP) is 2.27. The topological polar surface area (TPSA) is 81.7 Å². The lowest BCUT2D eigenvalue weighted by Gasteiger charge is -2.29. The molecule has 0 radical (unpaired) electrons. The molecule has 28 heavy (non-hydrogen) atoms. The van der Waals surface area contributed by atoms with E-state index in [9.17, 15) is 14.7 Å². The number of nitrogens with zero attached hydrogens (tertiary/aromatic N) is 1. The van der Waals surface area contributed by atoms with Crippen LogP contribution in [-0.2, 0) is 24.4 Å². The van der Waals surface area contributed by atoms with Crippen molar-refractivity contribution in [2.24, 2.45) is 0 Å². The summed E-state index contributed by atoms with van der Waals surface area (Å²) in [6, 6.07) is 11.9. The molecule has 2 amide bonds. The van der Waals surface area contributed by atoms with Crippen LogP contribution in [0.25, 0.3) is 0 Å². The van der Waals surface area contributed by atoms with Crippen molar-refractivity contribution in [1.29, 1.82) is 0 Å². The van der Waals surface area contributed by atoms with E-state index in [4.69, 9.17) is 0 Å². The van der Waals surface area contributed by atoms with Crippen LogP contribution in [0.15, 0.2) is 36.4 Å². The van der Waals surface area contributed by atoms with E-state index in [-0.39, 0.29) is 17.9 Å². The first-order valence-electron chi connectivity index (χ1n) is 9.59. The highest BCUT2D eigenvalue weighted by molar-refractivity contribution is 7.14. The summed E-state index contributed by atoms with van der Waals surface area (Å²) in [5.41, 5.74) is 2.30. The van der Waals surface area contributed by atoms with E-state index < -0.39 is 0 Å². The number of piperidine rings is 1. The Bertz CT molecular complexity index is 795.